The highest BCUT2D eigenvalue weighted by atomic mass is 16.5. The van der Waals surface area contributed by atoms with Gasteiger partial charge >= 0.3 is 0 Å². The van der Waals surface area contributed by atoms with Crippen molar-refractivity contribution in [2.45, 2.75) is 12.0 Å². The third-order valence-corrected chi connectivity index (χ3v) is 3.88. The van der Waals surface area contributed by atoms with E-state index in [1.54, 1.807) is 7.11 Å². The highest BCUT2D eigenvalue weighted by molar-refractivity contribution is 5.59. The van der Waals surface area contributed by atoms with E-state index in [1.165, 1.54) is 5.69 Å². The lowest BCUT2D eigenvalue weighted by Gasteiger charge is -2.41. The van der Waals surface area contributed by atoms with Gasteiger partial charge in [0, 0.05) is 44.9 Å². The summed E-state index contributed by atoms with van der Waals surface area (Å²) in [7, 11) is 3.78. The van der Waals surface area contributed by atoms with Crippen LogP contribution in [0.15, 0.2) is 36.4 Å². The van der Waals surface area contributed by atoms with E-state index < -0.39 is 0 Å². The Morgan fingerprint density at radius 3 is 2.63 bits per heavy atom. The fourth-order valence-electron chi connectivity index (χ4n) is 2.50. The molecule has 1 aromatic heterocycles. The molecule has 2 aromatic rings. The van der Waals surface area contributed by atoms with E-state index in [0.29, 0.717) is 0 Å². The van der Waals surface area contributed by atoms with Crippen molar-refractivity contribution in [2.24, 2.45) is 7.05 Å². The molecule has 0 amide bonds. The number of aromatic nitrogens is 2. The lowest BCUT2D eigenvalue weighted by atomic mass is 9.91. The van der Waals surface area contributed by atoms with E-state index in [9.17, 15) is 0 Å². The molecule has 4 heteroatoms. The van der Waals surface area contributed by atoms with Crippen molar-refractivity contribution in [3.05, 3.63) is 42.1 Å². The average Bonchev–Trinajstić information content (AvgIpc) is 2.76. The molecular formula is C15H19N3O. The second-order valence-corrected chi connectivity index (χ2v) is 5.18. The quantitative estimate of drug-likeness (QED) is 0.904. The minimum Gasteiger partial charge on any atom is -0.375 e. The SMILES string of the molecule is COC1(Cc2cc(-c3ccccc3)nn2C)CNC1. The van der Waals surface area contributed by atoms with E-state index in [4.69, 9.17) is 4.74 Å². The van der Waals surface area contributed by atoms with Gasteiger partial charge in [0.1, 0.15) is 0 Å². The Hall–Kier alpha value is -1.65. The molecule has 0 spiro atoms. The van der Waals surface area contributed by atoms with E-state index >= 15 is 0 Å². The van der Waals surface area contributed by atoms with Crippen molar-refractivity contribution >= 4 is 0 Å². The maximum absolute atomic E-state index is 5.64. The average molecular weight is 257 g/mol. The fraction of sp³-hybridized carbons (Fsp3) is 0.400. The van der Waals surface area contributed by atoms with Gasteiger partial charge < -0.3 is 10.1 Å². The molecular weight excluding hydrogens is 238 g/mol. The van der Waals surface area contributed by atoms with Crippen molar-refractivity contribution in [1.29, 1.82) is 0 Å². The molecule has 0 radical (unpaired) electrons. The summed E-state index contributed by atoms with van der Waals surface area (Å²) in [5.74, 6) is 0. The molecule has 100 valence electrons. The van der Waals surface area contributed by atoms with E-state index in [2.05, 4.69) is 28.6 Å². The van der Waals surface area contributed by atoms with Gasteiger partial charge in [-0.25, -0.2) is 0 Å². The molecule has 4 nitrogen and oxygen atoms in total. The Labute approximate surface area is 113 Å². The monoisotopic (exact) mass is 257 g/mol. The standard InChI is InChI=1S/C15H19N3O/c1-18-13(9-15(19-2)10-16-11-15)8-14(17-18)12-6-4-3-5-7-12/h3-8,16H,9-11H2,1-2H3. The van der Waals surface area contributed by atoms with Crippen molar-refractivity contribution in [2.75, 3.05) is 20.2 Å². The molecule has 0 unspecified atom stereocenters. The van der Waals surface area contributed by atoms with Crippen LogP contribution >= 0.6 is 0 Å². The minimum atomic E-state index is -0.0538. The number of nitrogens with zero attached hydrogens (tertiary/aromatic N) is 2. The minimum absolute atomic E-state index is 0.0538. The topological polar surface area (TPSA) is 39.1 Å². The second kappa shape index (κ2) is 4.79. The smallest absolute Gasteiger partial charge is 0.0980 e. The van der Waals surface area contributed by atoms with Gasteiger partial charge in [0.2, 0.25) is 0 Å². The fourth-order valence-corrected chi connectivity index (χ4v) is 2.50. The second-order valence-electron chi connectivity index (χ2n) is 5.18. The van der Waals surface area contributed by atoms with Gasteiger partial charge in [0.15, 0.2) is 0 Å². The third kappa shape index (κ3) is 2.29. The highest BCUT2D eigenvalue weighted by Crippen LogP contribution is 2.25. The molecule has 0 saturated carbocycles. The van der Waals surface area contributed by atoms with Crippen LogP contribution in [0.4, 0.5) is 0 Å². The predicted molar refractivity (Wildman–Crippen MR) is 75.0 cm³/mol. The van der Waals surface area contributed by atoms with Gasteiger partial charge in [-0.05, 0) is 6.07 Å². The van der Waals surface area contributed by atoms with Crippen LogP contribution in [0.2, 0.25) is 0 Å². The summed E-state index contributed by atoms with van der Waals surface area (Å²) < 4.78 is 7.60. The van der Waals surface area contributed by atoms with Crippen LogP contribution < -0.4 is 5.32 Å². The van der Waals surface area contributed by atoms with Crippen LogP contribution in [-0.4, -0.2) is 35.6 Å². The molecule has 0 atom stereocenters. The molecule has 1 aliphatic heterocycles. The molecule has 2 heterocycles. The number of methoxy groups -OCH3 is 1. The van der Waals surface area contributed by atoms with Crippen LogP contribution in [0.1, 0.15) is 5.69 Å². The number of hydrogen-bond donors (Lipinski definition) is 1. The maximum atomic E-state index is 5.64. The number of rotatable bonds is 4. The number of ether oxygens (including phenoxy) is 1. The Morgan fingerprint density at radius 2 is 2.05 bits per heavy atom. The number of aryl methyl sites for hydroxylation is 1. The summed E-state index contributed by atoms with van der Waals surface area (Å²) in [4.78, 5) is 0. The van der Waals surface area contributed by atoms with Gasteiger partial charge in [-0.1, -0.05) is 30.3 Å². The maximum Gasteiger partial charge on any atom is 0.0980 e. The first-order chi connectivity index (χ1) is 9.22. The summed E-state index contributed by atoms with van der Waals surface area (Å²) >= 11 is 0. The van der Waals surface area contributed by atoms with Crippen LogP contribution in [0.3, 0.4) is 0 Å². The summed E-state index contributed by atoms with van der Waals surface area (Å²) in [5.41, 5.74) is 3.34. The zero-order chi connectivity index (χ0) is 13.3. The lowest BCUT2D eigenvalue weighted by Crippen LogP contribution is -2.62. The third-order valence-electron chi connectivity index (χ3n) is 3.88. The Balaban J connectivity index is 1.86. The molecule has 0 bridgehead atoms. The molecule has 0 aliphatic carbocycles. The number of benzene rings is 1. The molecule has 1 aliphatic rings. The van der Waals surface area contributed by atoms with Gasteiger partial charge in [0.05, 0.1) is 11.3 Å². The molecule has 1 fully saturated rings. The summed E-state index contributed by atoms with van der Waals surface area (Å²) in [6.07, 6.45) is 0.896. The molecule has 19 heavy (non-hydrogen) atoms. The summed E-state index contributed by atoms with van der Waals surface area (Å²) in [5, 5.41) is 7.87. The Bertz CT molecular complexity index is 553. The van der Waals surface area contributed by atoms with Crippen LogP contribution in [-0.2, 0) is 18.2 Å². The first kappa shape index (κ1) is 12.4. The zero-order valence-corrected chi connectivity index (χ0v) is 11.4. The van der Waals surface area contributed by atoms with Crippen LogP contribution in [0, 0.1) is 0 Å². The van der Waals surface area contributed by atoms with Crippen molar-refractivity contribution < 1.29 is 4.74 Å². The van der Waals surface area contributed by atoms with E-state index in [-0.39, 0.29) is 5.60 Å². The van der Waals surface area contributed by atoms with Crippen LogP contribution in [0.5, 0.6) is 0 Å². The highest BCUT2D eigenvalue weighted by Gasteiger charge is 2.37. The van der Waals surface area contributed by atoms with E-state index in [0.717, 1.165) is 30.8 Å². The first-order valence-corrected chi connectivity index (χ1v) is 6.57. The Morgan fingerprint density at radius 1 is 1.32 bits per heavy atom. The molecule has 1 aromatic carbocycles. The number of hydrogen-bond acceptors (Lipinski definition) is 3. The van der Waals surface area contributed by atoms with Gasteiger partial charge in [-0.3, -0.25) is 4.68 Å². The van der Waals surface area contributed by atoms with Crippen molar-refractivity contribution in [1.82, 2.24) is 15.1 Å². The van der Waals surface area contributed by atoms with Crippen molar-refractivity contribution in [3.8, 4) is 11.3 Å². The molecule has 3 rings (SSSR count). The summed E-state index contributed by atoms with van der Waals surface area (Å²) in [6.45, 7) is 1.82. The first-order valence-electron chi connectivity index (χ1n) is 6.57. The largest absolute Gasteiger partial charge is 0.375 e. The van der Waals surface area contributed by atoms with Gasteiger partial charge in [0.25, 0.3) is 0 Å². The predicted octanol–water partition coefficient (Wildman–Crippen LogP) is 1.62. The van der Waals surface area contributed by atoms with Gasteiger partial charge in [-0.2, -0.15) is 5.10 Å². The lowest BCUT2D eigenvalue weighted by molar-refractivity contribution is -0.0514. The molecule has 1 N–H and O–H groups in total. The number of nitrogens with one attached hydrogen (secondary N) is 1. The van der Waals surface area contributed by atoms with E-state index in [1.807, 2.05) is 29.9 Å². The van der Waals surface area contributed by atoms with Gasteiger partial charge in [-0.15, -0.1) is 0 Å². The van der Waals surface area contributed by atoms with Crippen LogP contribution in [0.25, 0.3) is 11.3 Å². The Kier molecular flexibility index (Phi) is 3.12. The normalized spacial score (nSPS) is 17.2. The zero-order valence-electron chi connectivity index (χ0n) is 11.4. The summed E-state index contributed by atoms with van der Waals surface area (Å²) in [6, 6.07) is 12.4. The van der Waals surface area contributed by atoms with Crippen molar-refractivity contribution in [3.63, 3.8) is 0 Å². The molecule has 1 saturated heterocycles.